The average Bonchev–Trinajstić information content (AvgIpc) is 2.56. The highest BCUT2D eigenvalue weighted by molar-refractivity contribution is 5.93. The van der Waals surface area contributed by atoms with Crippen LogP contribution in [0, 0.1) is 0 Å². The number of allylic oxidation sites excluding steroid dienone is 1. The van der Waals surface area contributed by atoms with Gasteiger partial charge in [-0.2, -0.15) is 0 Å². The summed E-state index contributed by atoms with van der Waals surface area (Å²) >= 11 is 0. The van der Waals surface area contributed by atoms with E-state index in [1.807, 2.05) is 12.1 Å². The number of aromatic amines is 1. The van der Waals surface area contributed by atoms with Gasteiger partial charge in [0.25, 0.3) is 0 Å². The van der Waals surface area contributed by atoms with Crippen molar-refractivity contribution in [2.75, 3.05) is 0 Å². The molecule has 0 amide bonds. The molecule has 1 aromatic carbocycles. The monoisotopic (exact) mass is 197 g/mol. The van der Waals surface area contributed by atoms with Crippen LogP contribution in [-0.2, 0) is 0 Å². The molecule has 0 unspecified atom stereocenters. The van der Waals surface area contributed by atoms with Gasteiger partial charge in [0.15, 0.2) is 0 Å². The Kier molecular flexibility index (Phi) is 2.46. The van der Waals surface area contributed by atoms with Crippen molar-refractivity contribution in [3.05, 3.63) is 47.7 Å². The van der Waals surface area contributed by atoms with Gasteiger partial charge in [-0.15, -0.1) is 0 Å². The number of H-pyrrole nitrogens is 1. The minimum atomic E-state index is 1.09. The van der Waals surface area contributed by atoms with E-state index < -0.39 is 0 Å². The summed E-state index contributed by atoms with van der Waals surface area (Å²) in [5, 5.41) is 1.26. The molecule has 1 heterocycles. The number of rotatable bonds is 2. The van der Waals surface area contributed by atoms with Crippen molar-refractivity contribution in [1.82, 2.24) is 4.98 Å². The number of aromatic nitrogens is 1. The van der Waals surface area contributed by atoms with E-state index in [0.29, 0.717) is 0 Å². The predicted molar refractivity (Wildman–Crippen MR) is 67.7 cm³/mol. The van der Waals surface area contributed by atoms with Crippen LogP contribution < -0.4 is 0 Å². The van der Waals surface area contributed by atoms with Crippen molar-refractivity contribution in [2.45, 2.75) is 13.8 Å². The van der Waals surface area contributed by atoms with Crippen molar-refractivity contribution < 1.29 is 0 Å². The molecule has 0 spiro atoms. The van der Waals surface area contributed by atoms with Crippen LogP contribution in [-0.4, -0.2) is 4.98 Å². The Morgan fingerprint density at radius 2 is 2.00 bits per heavy atom. The quantitative estimate of drug-likeness (QED) is 0.741. The molecule has 2 rings (SSSR count). The summed E-state index contributed by atoms with van der Waals surface area (Å²) in [6.45, 7) is 8.05. The molecule has 0 radical (unpaired) electrons. The minimum absolute atomic E-state index is 1.09. The lowest BCUT2D eigenvalue weighted by molar-refractivity contribution is 1.40. The molecule has 0 atom stereocenters. The Morgan fingerprint density at radius 3 is 2.67 bits per heavy atom. The fourth-order valence-electron chi connectivity index (χ4n) is 1.79. The van der Waals surface area contributed by atoms with E-state index in [4.69, 9.17) is 0 Å². The first kappa shape index (κ1) is 9.78. The number of nitrogens with one attached hydrogen (secondary N) is 1. The summed E-state index contributed by atoms with van der Waals surface area (Å²) < 4.78 is 0. The van der Waals surface area contributed by atoms with Crippen molar-refractivity contribution in [3.8, 4) is 0 Å². The lowest BCUT2D eigenvalue weighted by Gasteiger charge is -1.95. The number of hydrogen-bond donors (Lipinski definition) is 1. The van der Waals surface area contributed by atoms with Crippen molar-refractivity contribution in [2.24, 2.45) is 0 Å². The van der Waals surface area contributed by atoms with E-state index in [1.165, 1.54) is 22.0 Å². The third-order valence-electron chi connectivity index (χ3n) is 2.41. The summed E-state index contributed by atoms with van der Waals surface area (Å²) in [6, 6.07) is 8.32. The number of fused-ring (bicyclic) bond motifs is 1. The molecule has 15 heavy (non-hydrogen) atoms. The maximum atomic E-state index is 3.83. The summed E-state index contributed by atoms with van der Waals surface area (Å²) in [6.07, 6.45) is 4.06. The zero-order valence-electron chi connectivity index (χ0n) is 9.17. The maximum Gasteiger partial charge on any atom is 0.0464 e. The van der Waals surface area contributed by atoms with Crippen LogP contribution in [0.15, 0.2) is 36.4 Å². The van der Waals surface area contributed by atoms with Crippen LogP contribution in [0.25, 0.3) is 23.1 Å². The van der Waals surface area contributed by atoms with Crippen LogP contribution in [0.1, 0.15) is 25.1 Å². The molecular weight excluding hydrogens is 182 g/mol. The summed E-state index contributed by atoms with van der Waals surface area (Å²) in [7, 11) is 0. The largest absolute Gasteiger partial charge is 0.355 e. The standard InChI is InChI=1S/C14H15N/c1-4-13-12(9-10(2)3)11-7-5-6-8-14(11)15-13/h4-9,15H,1H2,2-3H3. The summed E-state index contributed by atoms with van der Waals surface area (Å²) in [5.41, 5.74) is 4.79. The van der Waals surface area contributed by atoms with Gasteiger partial charge in [0.1, 0.15) is 0 Å². The van der Waals surface area contributed by atoms with Gasteiger partial charge >= 0.3 is 0 Å². The number of benzene rings is 1. The molecular formula is C14H15N. The number of para-hydroxylation sites is 1. The second-order valence-electron chi connectivity index (χ2n) is 3.92. The second kappa shape index (κ2) is 3.77. The molecule has 0 saturated heterocycles. The molecule has 1 heteroatoms. The van der Waals surface area contributed by atoms with Crippen LogP contribution in [0.3, 0.4) is 0 Å². The highest BCUT2D eigenvalue weighted by atomic mass is 14.7. The van der Waals surface area contributed by atoms with Crippen molar-refractivity contribution in [1.29, 1.82) is 0 Å². The highest BCUT2D eigenvalue weighted by Crippen LogP contribution is 2.25. The van der Waals surface area contributed by atoms with Gasteiger partial charge in [0.05, 0.1) is 0 Å². The zero-order chi connectivity index (χ0) is 10.8. The van der Waals surface area contributed by atoms with Crippen LogP contribution in [0.5, 0.6) is 0 Å². The molecule has 0 aliphatic heterocycles. The van der Waals surface area contributed by atoms with E-state index in [1.54, 1.807) is 0 Å². The SMILES string of the molecule is C=Cc1[nH]c2ccccc2c1C=C(C)C. The van der Waals surface area contributed by atoms with Gasteiger partial charge in [0, 0.05) is 22.2 Å². The molecule has 2 aromatic rings. The first-order chi connectivity index (χ1) is 7.22. The van der Waals surface area contributed by atoms with Gasteiger partial charge in [-0.1, -0.05) is 36.4 Å². The average molecular weight is 197 g/mol. The molecule has 0 bridgehead atoms. The van der Waals surface area contributed by atoms with Gasteiger partial charge in [-0.05, 0) is 26.0 Å². The Balaban J connectivity index is 2.78. The predicted octanol–water partition coefficient (Wildman–Crippen LogP) is 4.23. The topological polar surface area (TPSA) is 15.8 Å². The van der Waals surface area contributed by atoms with Crippen LogP contribution in [0.2, 0.25) is 0 Å². The molecule has 0 aliphatic carbocycles. The molecule has 0 fully saturated rings. The number of hydrogen-bond acceptors (Lipinski definition) is 0. The van der Waals surface area contributed by atoms with Gasteiger partial charge in [-0.25, -0.2) is 0 Å². The van der Waals surface area contributed by atoms with Gasteiger partial charge in [-0.3, -0.25) is 0 Å². The van der Waals surface area contributed by atoms with E-state index in [9.17, 15) is 0 Å². The van der Waals surface area contributed by atoms with E-state index >= 15 is 0 Å². The Bertz CT molecular complexity index is 525. The Morgan fingerprint density at radius 1 is 1.27 bits per heavy atom. The Hall–Kier alpha value is -1.76. The lowest BCUT2D eigenvalue weighted by atomic mass is 10.1. The third kappa shape index (κ3) is 1.73. The molecule has 1 N–H and O–H groups in total. The second-order valence-corrected chi connectivity index (χ2v) is 3.92. The van der Waals surface area contributed by atoms with E-state index in [-0.39, 0.29) is 0 Å². The molecule has 0 aliphatic rings. The zero-order valence-corrected chi connectivity index (χ0v) is 9.17. The Labute approximate surface area is 90.1 Å². The van der Waals surface area contributed by atoms with Crippen LogP contribution in [0.4, 0.5) is 0 Å². The summed E-state index contributed by atoms with van der Waals surface area (Å²) in [4.78, 5) is 3.36. The normalized spacial score (nSPS) is 10.3. The molecule has 1 aromatic heterocycles. The summed E-state index contributed by atoms with van der Waals surface area (Å²) in [5.74, 6) is 0. The fourth-order valence-corrected chi connectivity index (χ4v) is 1.79. The first-order valence-electron chi connectivity index (χ1n) is 5.10. The van der Waals surface area contributed by atoms with Crippen LogP contribution >= 0.6 is 0 Å². The molecule has 0 saturated carbocycles. The minimum Gasteiger partial charge on any atom is -0.355 e. The maximum absolute atomic E-state index is 3.83. The van der Waals surface area contributed by atoms with Gasteiger partial charge in [0.2, 0.25) is 0 Å². The van der Waals surface area contributed by atoms with Crippen molar-refractivity contribution >= 4 is 23.1 Å². The third-order valence-corrected chi connectivity index (χ3v) is 2.41. The molecule has 1 nitrogen and oxygen atoms in total. The molecule has 76 valence electrons. The smallest absolute Gasteiger partial charge is 0.0464 e. The highest BCUT2D eigenvalue weighted by Gasteiger charge is 2.05. The first-order valence-corrected chi connectivity index (χ1v) is 5.10. The van der Waals surface area contributed by atoms with E-state index in [2.05, 4.69) is 49.7 Å². The van der Waals surface area contributed by atoms with Crippen molar-refractivity contribution in [3.63, 3.8) is 0 Å². The van der Waals surface area contributed by atoms with E-state index in [0.717, 1.165) is 5.69 Å². The fraction of sp³-hybridized carbons (Fsp3) is 0.143. The lowest BCUT2D eigenvalue weighted by Crippen LogP contribution is -1.75. The van der Waals surface area contributed by atoms with Gasteiger partial charge < -0.3 is 4.98 Å².